The second-order valence-corrected chi connectivity index (χ2v) is 5.53. The Labute approximate surface area is 126 Å². The minimum Gasteiger partial charge on any atom is -0.314 e. The molecule has 3 heteroatoms. The van der Waals surface area contributed by atoms with Crippen molar-refractivity contribution in [1.29, 1.82) is 0 Å². The monoisotopic (exact) mass is 284 g/mol. The van der Waals surface area contributed by atoms with Gasteiger partial charge in [-0.05, 0) is 43.1 Å². The van der Waals surface area contributed by atoms with E-state index in [0.29, 0.717) is 6.54 Å². The van der Waals surface area contributed by atoms with Gasteiger partial charge in [0.15, 0.2) is 0 Å². The Hall–Kier alpha value is -1.87. The zero-order valence-electron chi connectivity index (χ0n) is 13.1. The Morgan fingerprint density at radius 2 is 1.90 bits per heavy atom. The van der Waals surface area contributed by atoms with Gasteiger partial charge in [0.2, 0.25) is 0 Å². The maximum Gasteiger partial charge on any atom is 0.250 e. The summed E-state index contributed by atoms with van der Waals surface area (Å²) in [5, 5.41) is 3.30. The summed E-state index contributed by atoms with van der Waals surface area (Å²) in [5.74, 6) is 0. The molecule has 2 rings (SSSR count). The van der Waals surface area contributed by atoms with Crippen molar-refractivity contribution in [3.05, 3.63) is 69.6 Å². The number of aromatic nitrogens is 1. The van der Waals surface area contributed by atoms with E-state index in [2.05, 4.69) is 36.5 Å². The number of hydrogen-bond acceptors (Lipinski definition) is 2. The molecule has 0 saturated carbocycles. The molecule has 1 atom stereocenters. The van der Waals surface area contributed by atoms with E-state index in [1.807, 2.05) is 26.2 Å². The van der Waals surface area contributed by atoms with Gasteiger partial charge in [-0.3, -0.25) is 4.79 Å². The van der Waals surface area contributed by atoms with E-state index in [1.54, 1.807) is 10.6 Å². The van der Waals surface area contributed by atoms with E-state index in [-0.39, 0.29) is 11.6 Å². The van der Waals surface area contributed by atoms with E-state index in [9.17, 15) is 4.79 Å². The van der Waals surface area contributed by atoms with Crippen molar-refractivity contribution in [3.63, 3.8) is 0 Å². The Morgan fingerprint density at radius 3 is 2.48 bits per heavy atom. The number of rotatable bonds is 6. The Bertz CT molecular complexity index is 628. The lowest BCUT2D eigenvalue weighted by Gasteiger charge is -2.18. The highest BCUT2D eigenvalue weighted by atomic mass is 16.1. The second-order valence-electron chi connectivity index (χ2n) is 5.53. The van der Waals surface area contributed by atoms with Gasteiger partial charge in [-0.15, -0.1) is 0 Å². The molecule has 0 saturated heterocycles. The summed E-state index contributed by atoms with van der Waals surface area (Å²) in [4.78, 5) is 12.0. The lowest BCUT2D eigenvalue weighted by Crippen LogP contribution is -2.28. The number of nitrogens with one attached hydrogen (secondary N) is 1. The fourth-order valence-electron chi connectivity index (χ4n) is 2.52. The highest BCUT2D eigenvalue weighted by Gasteiger charge is 2.10. The predicted molar refractivity (Wildman–Crippen MR) is 87.7 cm³/mol. The first-order valence-electron chi connectivity index (χ1n) is 7.57. The van der Waals surface area contributed by atoms with E-state index in [1.165, 1.54) is 11.1 Å². The van der Waals surface area contributed by atoms with Gasteiger partial charge < -0.3 is 9.88 Å². The fraction of sp³-hybridized carbons (Fsp3) is 0.389. The summed E-state index contributed by atoms with van der Waals surface area (Å²) < 4.78 is 1.76. The van der Waals surface area contributed by atoms with Crippen LogP contribution in [-0.4, -0.2) is 11.6 Å². The van der Waals surface area contributed by atoms with Gasteiger partial charge >= 0.3 is 0 Å². The molecular weight excluding hydrogens is 260 g/mol. The third-order valence-electron chi connectivity index (χ3n) is 3.80. The van der Waals surface area contributed by atoms with Crippen LogP contribution < -0.4 is 10.9 Å². The van der Waals surface area contributed by atoms with Gasteiger partial charge in [0.25, 0.3) is 5.56 Å². The second kappa shape index (κ2) is 7.23. The summed E-state index contributed by atoms with van der Waals surface area (Å²) in [6.45, 7) is 4.77. The molecule has 3 nitrogen and oxygen atoms in total. The van der Waals surface area contributed by atoms with Crippen molar-refractivity contribution in [2.45, 2.75) is 39.3 Å². The molecule has 0 aliphatic carbocycles. The SMILES string of the molecule is CCCc1ccc(C(Cn2ccc(C)cc2=O)NC)cc1. The average molecular weight is 284 g/mol. The third kappa shape index (κ3) is 4.05. The molecule has 112 valence electrons. The third-order valence-corrected chi connectivity index (χ3v) is 3.80. The number of nitrogens with zero attached hydrogens (tertiary/aromatic N) is 1. The van der Waals surface area contributed by atoms with E-state index < -0.39 is 0 Å². The molecule has 21 heavy (non-hydrogen) atoms. The predicted octanol–water partition coefficient (Wildman–Crippen LogP) is 3.07. The van der Waals surface area contributed by atoms with Crippen LogP contribution in [0.5, 0.6) is 0 Å². The molecule has 0 aliphatic heterocycles. The molecule has 0 radical (unpaired) electrons. The molecule has 0 aliphatic rings. The van der Waals surface area contributed by atoms with Crippen molar-refractivity contribution >= 4 is 0 Å². The van der Waals surface area contributed by atoms with Crippen LogP contribution in [0.3, 0.4) is 0 Å². The van der Waals surface area contributed by atoms with Crippen LogP contribution in [0, 0.1) is 6.92 Å². The van der Waals surface area contributed by atoms with E-state index in [4.69, 9.17) is 0 Å². The molecule has 1 aromatic heterocycles. The normalized spacial score (nSPS) is 12.3. The summed E-state index contributed by atoms with van der Waals surface area (Å²) in [6, 6.07) is 12.5. The van der Waals surface area contributed by atoms with Crippen LogP contribution >= 0.6 is 0 Å². The summed E-state index contributed by atoms with van der Waals surface area (Å²) in [6.07, 6.45) is 4.14. The molecule has 1 N–H and O–H groups in total. The van der Waals surface area contributed by atoms with Crippen molar-refractivity contribution in [1.82, 2.24) is 9.88 Å². The Morgan fingerprint density at radius 1 is 1.19 bits per heavy atom. The summed E-state index contributed by atoms with van der Waals surface area (Å²) in [5.41, 5.74) is 3.63. The van der Waals surface area contributed by atoms with Crippen molar-refractivity contribution in [2.24, 2.45) is 0 Å². The first kappa shape index (κ1) is 15.5. The smallest absolute Gasteiger partial charge is 0.250 e. The van der Waals surface area contributed by atoms with Gasteiger partial charge in [-0.25, -0.2) is 0 Å². The molecule has 0 amide bonds. The van der Waals surface area contributed by atoms with Crippen LogP contribution in [0.4, 0.5) is 0 Å². The van der Waals surface area contributed by atoms with Crippen LogP contribution in [0.1, 0.15) is 36.1 Å². The van der Waals surface area contributed by atoms with Crippen molar-refractivity contribution < 1.29 is 0 Å². The fourth-order valence-corrected chi connectivity index (χ4v) is 2.52. The Kier molecular flexibility index (Phi) is 5.34. The minimum absolute atomic E-state index is 0.0536. The number of pyridine rings is 1. The van der Waals surface area contributed by atoms with E-state index >= 15 is 0 Å². The van der Waals surface area contributed by atoms with Gasteiger partial charge in [-0.1, -0.05) is 37.6 Å². The molecule has 0 bridgehead atoms. The molecule has 1 unspecified atom stereocenters. The molecule has 2 aromatic rings. The van der Waals surface area contributed by atoms with Crippen LogP contribution in [0.25, 0.3) is 0 Å². The topological polar surface area (TPSA) is 34.0 Å². The highest BCUT2D eigenvalue weighted by Crippen LogP contribution is 2.16. The summed E-state index contributed by atoms with van der Waals surface area (Å²) in [7, 11) is 1.93. The zero-order chi connectivity index (χ0) is 15.2. The van der Waals surface area contributed by atoms with Gasteiger partial charge in [0.05, 0.1) is 6.04 Å². The number of likely N-dealkylation sites (N-methyl/N-ethyl adjacent to an activating group) is 1. The van der Waals surface area contributed by atoms with Crippen LogP contribution in [0.15, 0.2) is 47.4 Å². The molecule has 1 heterocycles. The highest BCUT2D eigenvalue weighted by molar-refractivity contribution is 5.25. The Balaban J connectivity index is 2.17. The molecular formula is C18H24N2O. The van der Waals surface area contributed by atoms with Crippen LogP contribution in [-0.2, 0) is 13.0 Å². The lowest BCUT2D eigenvalue weighted by atomic mass is 10.0. The van der Waals surface area contributed by atoms with Gasteiger partial charge in [-0.2, -0.15) is 0 Å². The summed E-state index contributed by atoms with van der Waals surface area (Å²) >= 11 is 0. The van der Waals surface area contributed by atoms with Crippen molar-refractivity contribution in [3.8, 4) is 0 Å². The maximum absolute atomic E-state index is 12.0. The molecule has 0 fully saturated rings. The number of hydrogen-bond donors (Lipinski definition) is 1. The molecule has 0 spiro atoms. The van der Waals surface area contributed by atoms with E-state index in [0.717, 1.165) is 18.4 Å². The van der Waals surface area contributed by atoms with Crippen molar-refractivity contribution in [2.75, 3.05) is 7.05 Å². The van der Waals surface area contributed by atoms with Crippen LogP contribution in [0.2, 0.25) is 0 Å². The zero-order valence-corrected chi connectivity index (χ0v) is 13.1. The first-order valence-corrected chi connectivity index (χ1v) is 7.57. The standard InChI is InChI=1S/C18H24N2O/c1-4-5-15-6-8-16(9-7-15)17(19-3)13-20-11-10-14(2)12-18(20)21/h6-12,17,19H,4-5,13H2,1-3H3. The maximum atomic E-state index is 12.0. The largest absolute Gasteiger partial charge is 0.314 e. The average Bonchev–Trinajstić information content (AvgIpc) is 2.48. The van der Waals surface area contributed by atoms with Gasteiger partial charge in [0, 0.05) is 18.8 Å². The molecule has 1 aromatic carbocycles. The van der Waals surface area contributed by atoms with Gasteiger partial charge in [0.1, 0.15) is 0 Å². The lowest BCUT2D eigenvalue weighted by molar-refractivity contribution is 0.490. The number of aryl methyl sites for hydroxylation is 2. The minimum atomic E-state index is 0.0536. The number of benzene rings is 1. The quantitative estimate of drug-likeness (QED) is 0.884. The first-order chi connectivity index (χ1) is 10.1.